The van der Waals surface area contributed by atoms with Gasteiger partial charge < -0.3 is 14.6 Å². The van der Waals surface area contributed by atoms with Crippen LogP contribution in [0.5, 0.6) is 5.75 Å². The van der Waals surface area contributed by atoms with Gasteiger partial charge in [-0.3, -0.25) is 4.79 Å². The van der Waals surface area contributed by atoms with Crippen molar-refractivity contribution < 1.29 is 9.53 Å². The van der Waals surface area contributed by atoms with Gasteiger partial charge in [0.15, 0.2) is 5.16 Å². The third-order valence-electron chi connectivity index (χ3n) is 3.74. The molecule has 0 unspecified atom stereocenters. The van der Waals surface area contributed by atoms with Crippen LogP contribution < -0.4 is 10.1 Å². The summed E-state index contributed by atoms with van der Waals surface area (Å²) in [5, 5.41) is 14.6. The number of hydrogen-bond acceptors (Lipinski definition) is 7. The number of ether oxygens (including phenoxy) is 1. The second-order valence-corrected chi connectivity index (χ2v) is 7.95. The van der Waals surface area contributed by atoms with Crippen LogP contribution >= 0.6 is 23.1 Å². The minimum Gasteiger partial charge on any atom is -0.495 e. The van der Waals surface area contributed by atoms with Crippen LogP contribution in [0.25, 0.3) is 0 Å². The Bertz CT molecular complexity index is 907. The van der Waals surface area contributed by atoms with Gasteiger partial charge in [0.25, 0.3) is 0 Å². The Morgan fingerprint density at radius 3 is 2.96 bits per heavy atom. The highest BCUT2D eigenvalue weighted by molar-refractivity contribution is 7.98. The van der Waals surface area contributed by atoms with Gasteiger partial charge in [-0.15, -0.1) is 21.5 Å². The van der Waals surface area contributed by atoms with Gasteiger partial charge in [0.05, 0.1) is 24.9 Å². The van der Waals surface area contributed by atoms with Crippen LogP contribution in [0, 0.1) is 0 Å². The van der Waals surface area contributed by atoms with E-state index in [1.54, 1.807) is 25.2 Å². The van der Waals surface area contributed by atoms with E-state index in [2.05, 4.69) is 34.3 Å². The number of rotatable bonds is 8. The van der Waals surface area contributed by atoms with Gasteiger partial charge in [0, 0.05) is 17.2 Å². The van der Waals surface area contributed by atoms with E-state index in [0.29, 0.717) is 23.2 Å². The zero-order chi connectivity index (χ0) is 19.2. The lowest BCUT2D eigenvalue weighted by Crippen LogP contribution is -2.14. The fraction of sp³-hybridized carbons (Fsp3) is 0.333. The number of amides is 1. The SMILES string of the molecule is COc1ccccc1NC(=O)Cc1nc(CSc2nncn2C(C)C)cs1. The lowest BCUT2D eigenvalue weighted by Gasteiger charge is -2.09. The maximum atomic E-state index is 12.3. The Hall–Kier alpha value is -2.39. The molecule has 3 aromatic rings. The fourth-order valence-electron chi connectivity index (χ4n) is 2.40. The number of nitrogens with zero attached hydrogens (tertiary/aromatic N) is 4. The maximum absolute atomic E-state index is 12.3. The highest BCUT2D eigenvalue weighted by Gasteiger charge is 2.12. The Morgan fingerprint density at radius 2 is 2.19 bits per heavy atom. The smallest absolute Gasteiger partial charge is 0.231 e. The summed E-state index contributed by atoms with van der Waals surface area (Å²) in [6, 6.07) is 7.65. The second kappa shape index (κ2) is 9.01. The van der Waals surface area contributed by atoms with Crippen molar-refractivity contribution in [2.45, 2.75) is 37.2 Å². The van der Waals surface area contributed by atoms with Crippen LogP contribution in [0.15, 0.2) is 41.1 Å². The predicted molar refractivity (Wildman–Crippen MR) is 107 cm³/mol. The molecule has 0 saturated heterocycles. The van der Waals surface area contributed by atoms with Gasteiger partial charge in [-0.05, 0) is 26.0 Å². The summed E-state index contributed by atoms with van der Waals surface area (Å²) in [6.07, 6.45) is 1.97. The van der Waals surface area contributed by atoms with Crippen LogP contribution in [0.4, 0.5) is 5.69 Å². The number of aromatic nitrogens is 4. The molecule has 142 valence electrons. The van der Waals surface area contributed by atoms with Crippen LogP contribution in [0.3, 0.4) is 0 Å². The first-order valence-corrected chi connectivity index (χ1v) is 10.3. The van der Waals surface area contributed by atoms with E-state index in [9.17, 15) is 4.79 Å². The molecule has 2 aromatic heterocycles. The molecule has 0 aliphatic heterocycles. The topological polar surface area (TPSA) is 81.9 Å². The summed E-state index contributed by atoms with van der Waals surface area (Å²) < 4.78 is 7.28. The number of hydrogen-bond donors (Lipinski definition) is 1. The first-order valence-electron chi connectivity index (χ1n) is 8.45. The van der Waals surface area contributed by atoms with Crippen LogP contribution in [0.2, 0.25) is 0 Å². The molecule has 0 radical (unpaired) electrons. The third kappa shape index (κ3) is 5.08. The summed E-state index contributed by atoms with van der Waals surface area (Å²) in [7, 11) is 1.58. The van der Waals surface area contributed by atoms with Crippen molar-refractivity contribution in [2.75, 3.05) is 12.4 Å². The lowest BCUT2D eigenvalue weighted by molar-refractivity contribution is -0.115. The average Bonchev–Trinajstić information content (AvgIpc) is 3.29. The van der Waals surface area contributed by atoms with Crippen molar-refractivity contribution in [3.63, 3.8) is 0 Å². The Balaban J connectivity index is 1.56. The number of benzene rings is 1. The maximum Gasteiger partial charge on any atom is 0.231 e. The van der Waals surface area contributed by atoms with Crippen LogP contribution in [-0.4, -0.2) is 32.8 Å². The molecule has 1 amide bonds. The zero-order valence-corrected chi connectivity index (χ0v) is 17.0. The molecule has 0 spiro atoms. The predicted octanol–water partition coefficient (Wildman–Crippen LogP) is 3.80. The van der Waals surface area contributed by atoms with E-state index in [-0.39, 0.29) is 12.3 Å². The fourth-order valence-corrected chi connectivity index (χ4v) is 4.24. The Morgan fingerprint density at radius 1 is 1.37 bits per heavy atom. The lowest BCUT2D eigenvalue weighted by atomic mass is 10.3. The molecule has 0 bridgehead atoms. The van der Waals surface area contributed by atoms with Crippen molar-refractivity contribution in [2.24, 2.45) is 0 Å². The number of anilines is 1. The van der Waals surface area contributed by atoms with E-state index in [1.807, 2.05) is 34.2 Å². The molecule has 0 aliphatic carbocycles. The molecular weight excluding hydrogens is 382 g/mol. The van der Waals surface area contributed by atoms with Gasteiger partial charge >= 0.3 is 0 Å². The van der Waals surface area contributed by atoms with Gasteiger partial charge in [-0.1, -0.05) is 23.9 Å². The Kier molecular flexibility index (Phi) is 6.46. The molecule has 7 nitrogen and oxygen atoms in total. The first-order chi connectivity index (χ1) is 13.1. The number of para-hydroxylation sites is 2. The molecule has 1 N–H and O–H groups in total. The van der Waals surface area contributed by atoms with Gasteiger partial charge in [0.2, 0.25) is 5.91 Å². The van der Waals surface area contributed by atoms with E-state index < -0.39 is 0 Å². The number of methoxy groups -OCH3 is 1. The van der Waals surface area contributed by atoms with Gasteiger partial charge in [-0.25, -0.2) is 4.98 Å². The summed E-state index contributed by atoms with van der Waals surface area (Å²) in [4.78, 5) is 16.9. The number of thiazole rings is 1. The standard InChI is InChI=1S/C18H21N5O2S2/c1-12(2)23-11-19-22-18(23)27-10-13-9-26-17(20-13)8-16(24)21-14-6-4-5-7-15(14)25-3/h4-7,9,11-12H,8,10H2,1-3H3,(H,21,24). The van der Waals surface area contributed by atoms with E-state index >= 15 is 0 Å². The summed E-state index contributed by atoms with van der Waals surface area (Å²) >= 11 is 3.08. The first kappa shape index (κ1) is 19.4. The highest BCUT2D eigenvalue weighted by atomic mass is 32.2. The molecule has 0 fully saturated rings. The van der Waals surface area contributed by atoms with Gasteiger partial charge in [-0.2, -0.15) is 0 Å². The number of carbonyl (C=O) groups is 1. The number of carbonyl (C=O) groups excluding carboxylic acids is 1. The quantitative estimate of drug-likeness (QED) is 0.576. The average molecular weight is 404 g/mol. The molecule has 1 aromatic carbocycles. The van der Waals surface area contributed by atoms with Crippen molar-refractivity contribution >= 4 is 34.7 Å². The van der Waals surface area contributed by atoms with E-state index in [4.69, 9.17) is 4.74 Å². The summed E-state index contributed by atoms with van der Waals surface area (Å²) in [5.41, 5.74) is 1.59. The number of thioether (sulfide) groups is 1. The largest absolute Gasteiger partial charge is 0.495 e. The molecule has 3 rings (SSSR count). The van der Waals surface area contributed by atoms with E-state index in [1.165, 1.54) is 11.3 Å². The molecular formula is C18H21N5O2S2. The molecule has 0 saturated carbocycles. The minimum atomic E-state index is -0.118. The van der Waals surface area contributed by atoms with Gasteiger partial charge in [0.1, 0.15) is 17.1 Å². The van der Waals surface area contributed by atoms with Crippen LogP contribution in [-0.2, 0) is 17.0 Å². The van der Waals surface area contributed by atoms with Crippen LogP contribution in [0.1, 0.15) is 30.6 Å². The number of nitrogens with one attached hydrogen (secondary N) is 1. The normalized spacial score (nSPS) is 11.0. The van der Waals surface area contributed by atoms with Crippen molar-refractivity contribution in [3.05, 3.63) is 46.7 Å². The molecule has 0 atom stereocenters. The Labute approximate surface area is 166 Å². The van der Waals surface area contributed by atoms with Crippen molar-refractivity contribution in [3.8, 4) is 5.75 Å². The molecule has 27 heavy (non-hydrogen) atoms. The third-order valence-corrected chi connectivity index (χ3v) is 5.63. The highest BCUT2D eigenvalue weighted by Crippen LogP contribution is 2.25. The summed E-state index contributed by atoms with van der Waals surface area (Å²) in [6.45, 7) is 4.18. The molecule has 9 heteroatoms. The monoisotopic (exact) mass is 403 g/mol. The van der Waals surface area contributed by atoms with E-state index in [0.717, 1.165) is 15.9 Å². The molecule has 2 heterocycles. The minimum absolute atomic E-state index is 0.118. The zero-order valence-electron chi connectivity index (χ0n) is 15.4. The summed E-state index contributed by atoms with van der Waals surface area (Å²) in [5.74, 6) is 1.21. The van der Waals surface area contributed by atoms with Crippen molar-refractivity contribution in [1.82, 2.24) is 19.7 Å². The second-order valence-electron chi connectivity index (χ2n) is 6.06. The van der Waals surface area contributed by atoms with Crippen molar-refractivity contribution in [1.29, 1.82) is 0 Å². The molecule has 0 aliphatic rings.